The van der Waals surface area contributed by atoms with Crippen LogP contribution < -0.4 is 5.32 Å². The number of nitrogens with zero attached hydrogens (tertiary/aromatic N) is 2. The number of hydrogen-bond donors (Lipinski definition) is 2. The number of benzene rings is 2. The molecule has 0 aliphatic heterocycles. The number of carbonyl (C=O) groups is 1. The number of aromatic amines is 1. The van der Waals surface area contributed by atoms with Gasteiger partial charge in [-0.3, -0.25) is 4.79 Å². The fourth-order valence-corrected chi connectivity index (χ4v) is 1.85. The zero-order chi connectivity index (χ0) is 14.1. The zero-order valence-corrected chi connectivity index (χ0v) is 10.0. The lowest BCUT2D eigenvalue weighted by Crippen LogP contribution is -2.12. The van der Waals surface area contributed by atoms with Crippen molar-refractivity contribution < 1.29 is 13.6 Å². The van der Waals surface area contributed by atoms with Gasteiger partial charge in [0.2, 0.25) is 0 Å². The van der Waals surface area contributed by atoms with E-state index in [-0.39, 0.29) is 5.56 Å². The zero-order valence-electron chi connectivity index (χ0n) is 10.0. The summed E-state index contributed by atoms with van der Waals surface area (Å²) in [6.07, 6.45) is 0. The molecule has 0 saturated carbocycles. The quantitative estimate of drug-likeness (QED) is 0.754. The molecular weight excluding hydrogens is 266 g/mol. The first kappa shape index (κ1) is 12.2. The molecule has 1 amide bonds. The lowest BCUT2D eigenvalue weighted by Gasteiger charge is -2.05. The molecule has 20 heavy (non-hydrogen) atoms. The number of para-hydroxylation sites is 1. The van der Waals surface area contributed by atoms with Gasteiger partial charge in [0, 0.05) is 11.6 Å². The van der Waals surface area contributed by atoms with E-state index in [2.05, 4.69) is 20.7 Å². The maximum atomic E-state index is 13.1. The smallest absolute Gasteiger partial charge is 0.255 e. The minimum Gasteiger partial charge on any atom is -0.320 e. The molecule has 0 spiro atoms. The van der Waals surface area contributed by atoms with Gasteiger partial charge in [-0.05, 0) is 24.3 Å². The van der Waals surface area contributed by atoms with Gasteiger partial charge < -0.3 is 5.32 Å². The molecule has 0 radical (unpaired) electrons. The molecular formula is C13H8F2N4O. The lowest BCUT2D eigenvalue weighted by molar-refractivity contribution is 0.102. The third-order valence-corrected chi connectivity index (χ3v) is 2.72. The van der Waals surface area contributed by atoms with E-state index in [4.69, 9.17) is 0 Å². The van der Waals surface area contributed by atoms with E-state index < -0.39 is 17.5 Å². The molecule has 7 heteroatoms. The van der Waals surface area contributed by atoms with Gasteiger partial charge in [-0.25, -0.2) is 8.78 Å². The average molecular weight is 274 g/mol. The molecule has 3 aromatic rings. The molecule has 0 aliphatic rings. The van der Waals surface area contributed by atoms with Crippen LogP contribution in [0.25, 0.3) is 11.0 Å². The Hall–Kier alpha value is -2.83. The molecule has 0 unspecified atom stereocenters. The maximum absolute atomic E-state index is 13.1. The minimum atomic E-state index is -0.810. The second-order valence-electron chi connectivity index (χ2n) is 4.11. The first-order valence-electron chi connectivity index (χ1n) is 5.70. The highest BCUT2D eigenvalue weighted by Crippen LogP contribution is 2.20. The summed E-state index contributed by atoms with van der Waals surface area (Å²) in [6, 6.07) is 7.65. The van der Waals surface area contributed by atoms with Crippen LogP contribution in [0.15, 0.2) is 36.4 Å². The van der Waals surface area contributed by atoms with E-state index in [1.54, 1.807) is 18.2 Å². The number of fused-ring (bicyclic) bond motifs is 1. The lowest BCUT2D eigenvalue weighted by atomic mass is 10.2. The van der Waals surface area contributed by atoms with E-state index in [9.17, 15) is 13.6 Å². The Kier molecular flexibility index (Phi) is 2.86. The molecule has 0 saturated heterocycles. The highest BCUT2D eigenvalue weighted by molar-refractivity contribution is 6.07. The molecule has 1 aromatic heterocycles. The number of H-pyrrole nitrogens is 1. The number of rotatable bonds is 2. The van der Waals surface area contributed by atoms with Gasteiger partial charge in [-0.15, -0.1) is 0 Å². The van der Waals surface area contributed by atoms with Crippen molar-refractivity contribution in [1.82, 2.24) is 15.4 Å². The molecule has 3 rings (SSSR count). The van der Waals surface area contributed by atoms with Crippen LogP contribution in [-0.2, 0) is 0 Å². The van der Waals surface area contributed by atoms with E-state index in [0.29, 0.717) is 22.8 Å². The van der Waals surface area contributed by atoms with Gasteiger partial charge in [0.1, 0.15) is 22.7 Å². The van der Waals surface area contributed by atoms with Crippen molar-refractivity contribution >= 4 is 22.6 Å². The summed E-state index contributed by atoms with van der Waals surface area (Å²) in [5.41, 5.74) is 1.35. The van der Waals surface area contributed by atoms with Crippen molar-refractivity contribution in [3.05, 3.63) is 53.6 Å². The van der Waals surface area contributed by atoms with E-state index in [1.807, 2.05) is 0 Å². The van der Waals surface area contributed by atoms with E-state index in [0.717, 1.165) is 12.1 Å². The van der Waals surface area contributed by atoms with Crippen LogP contribution in [0.3, 0.4) is 0 Å². The molecule has 0 bridgehead atoms. The molecule has 0 atom stereocenters. The number of halogens is 2. The number of aromatic nitrogens is 3. The van der Waals surface area contributed by atoms with Crippen molar-refractivity contribution in [3.63, 3.8) is 0 Å². The van der Waals surface area contributed by atoms with Crippen molar-refractivity contribution in [2.24, 2.45) is 0 Å². The highest BCUT2D eigenvalue weighted by Gasteiger charge is 2.12. The summed E-state index contributed by atoms with van der Waals surface area (Å²) in [7, 11) is 0. The summed E-state index contributed by atoms with van der Waals surface area (Å²) < 4.78 is 26.2. The second kappa shape index (κ2) is 4.69. The predicted octanol–water partition coefficient (Wildman–Crippen LogP) is 2.49. The molecule has 100 valence electrons. The number of anilines is 1. The van der Waals surface area contributed by atoms with Crippen molar-refractivity contribution in [2.45, 2.75) is 0 Å². The van der Waals surface area contributed by atoms with Crippen LogP contribution >= 0.6 is 0 Å². The Morgan fingerprint density at radius 1 is 1.10 bits per heavy atom. The highest BCUT2D eigenvalue weighted by atomic mass is 19.1. The SMILES string of the molecule is O=C(Nc1cccc2n[nH]nc12)c1cc(F)cc(F)c1. The van der Waals surface area contributed by atoms with Gasteiger partial charge in [0.15, 0.2) is 0 Å². The van der Waals surface area contributed by atoms with Crippen LogP contribution in [-0.4, -0.2) is 21.3 Å². The molecule has 5 nitrogen and oxygen atoms in total. The third kappa shape index (κ3) is 2.20. The number of amides is 1. The Morgan fingerprint density at radius 2 is 1.85 bits per heavy atom. The van der Waals surface area contributed by atoms with Crippen molar-refractivity contribution in [2.75, 3.05) is 5.32 Å². The Bertz CT molecular complexity index is 780. The van der Waals surface area contributed by atoms with Gasteiger partial charge >= 0.3 is 0 Å². The molecule has 1 heterocycles. The van der Waals surface area contributed by atoms with Crippen LogP contribution in [0.2, 0.25) is 0 Å². The molecule has 2 aromatic carbocycles. The van der Waals surface area contributed by atoms with Crippen molar-refractivity contribution in [1.29, 1.82) is 0 Å². The minimum absolute atomic E-state index is 0.108. The first-order valence-corrected chi connectivity index (χ1v) is 5.70. The van der Waals surface area contributed by atoms with Crippen molar-refractivity contribution in [3.8, 4) is 0 Å². The summed E-state index contributed by atoms with van der Waals surface area (Å²) in [5.74, 6) is -2.25. The fraction of sp³-hybridized carbons (Fsp3) is 0. The maximum Gasteiger partial charge on any atom is 0.255 e. The van der Waals surface area contributed by atoms with Gasteiger partial charge in [0.25, 0.3) is 5.91 Å². The largest absolute Gasteiger partial charge is 0.320 e. The topological polar surface area (TPSA) is 70.7 Å². The van der Waals surface area contributed by atoms with Crippen LogP contribution in [0.5, 0.6) is 0 Å². The van der Waals surface area contributed by atoms with Gasteiger partial charge in [0.05, 0.1) is 5.69 Å². The van der Waals surface area contributed by atoms with Crippen LogP contribution in [0, 0.1) is 11.6 Å². The normalized spacial score (nSPS) is 10.7. The second-order valence-corrected chi connectivity index (χ2v) is 4.11. The monoisotopic (exact) mass is 274 g/mol. The van der Waals surface area contributed by atoms with E-state index in [1.165, 1.54) is 0 Å². The third-order valence-electron chi connectivity index (χ3n) is 2.72. The number of nitrogens with one attached hydrogen (secondary N) is 2. The first-order chi connectivity index (χ1) is 9.63. The predicted molar refractivity (Wildman–Crippen MR) is 68.2 cm³/mol. The number of hydrogen-bond acceptors (Lipinski definition) is 3. The summed E-state index contributed by atoms with van der Waals surface area (Å²) >= 11 is 0. The molecule has 0 fully saturated rings. The molecule has 2 N–H and O–H groups in total. The summed E-state index contributed by atoms with van der Waals surface area (Å²) in [5, 5.41) is 12.8. The average Bonchev–Trinajstić information content (AvgIpc) is 2.87. The Morgan fingerprint density at radius 3 is 2.60 bits per heavy atom. The van der Waals surface area contributed by atoms with Crippen LogP contribution in [0.4, 0.5) is 14.5 Å². The number of carbonyl (C=O) groups excluding carboxylic acids is 1. The van der Waals surface area contributed by atoms with Gasteiger partial charge in [-0.2, -0.15) is 15.4 Å². The Labute approximate surface area is 111 Å². The van der Waals surface area contributed by atoms with Gasteiger partial charge in [-0.1, -0.05) is 6.07 Å². The van der Waals surface area contributed by atoms with E-state index >= 15 is 0 Å². The summed E-state index contributed by atoms with van der Waals surface area (Å²) in [4.78, 5) is 12.0. The molecule has 0 aliphatic carbocycles. The standard InChI is InChI=1S/C13H8F2N4O/c14-8-4-7(5-9(15)6-8)13(20)16-10-2-1-3-11-12(10)18-19-17-11/h1-6H,(H,16,20)(H,17,18,19). The van der Waals surface area contributed by atoms with Crippen LogP contribution in [0.1, 0.15) is 10.4 Å². The summed E-state index contributed by atoms with van der Waals surface area (Å²) in [6.45, 7) is 0. The Balaban J connectivity index is 1.94. The fourth-order valence-electron chi connectivity index (χ4n) is 1.85.